The molecule has 1 heterocycles. The maximum Gasteiger partial charge on any atom is 0.269 e. The fourth-order valence-corrected chi connectivity index (χ4v) is 4.86. The predicted octanol–water partition coefficient (Wildman–Crippen LogP) is 6.03. The van der Waals surface area contributed by atoms with Crippen LogP contribution in [0.25, 0.3) is 11.6 Å². The van der Waals surface area contributed by atoms with Crippen LogP contribution in [0.2, 0.25) is 5.02 Å². The molecule has 4 nitrogen and oxygen atoms in total. The molecule has 1 aromatic heterocycles. The number of hydrogen-bond donors (Lipinski definition) is 2. The molecular weight excluding hydrogens is 382 g/mol. The quantitative estimate of drug-likeness (QED) is 0.603. The lowest BCUT2D eigenvalue weighted by atomic mass is 9.84. The van der Waals surface area contributed by atoms with E-state index in [2.05, 4.69) is 28.5 Å². The fraction of sp³-hybridized carbons (Fsp3) is 0.500. The van der Waals surface area contributed by atoms with Crippen molar-refractivity contribution in [2.24, 2.45) is 5.92 Å². The zero-order chi connectivity index (χ0) is 20.2. The Hall–Kier alpha value is -2.07. The topological polar surface area (TPSA) is 57.8 Å². The molecule has 154 valence electrons. The highest BCUT2D eigenvalue weighted by Gasteiger charge is 2.26. The van der Waals surface area contributed by atoms with Crippen molar-refractivity contribution in [2.75, 3.05) is 0 Å². The molecule has 2 aromatic rings. The summed E-state index contributed by atoms with van der Waals surface area (Å²) in [7, 11) is 0. The van der Waals surface area contributed by atoms with Crippen molar-refractivity contribution < 1.29 is 4.79 Å². The Morgan fingerprint density at radius 1 is 1.14 bits per heavy atom. The molecule has 1 fully saturated rings. The molecule has 0 radical (unpaired) electrons. The van der Waals surface area contributed by atoms with Crippen molar-refractivity contribution >= 4 is 29.2 Å². The molecule has 0 aliphatic heterocycles. The van der Waals surface area contributed by atoms with Crippen LogP contribution in [-0.4, -0.2) is 22.1 Å². The van der Waals surface area contributed by atoms with Gasteiger partial charge in [0.05, 0.1) is 5.69 Å². The molecular formula is C24H30ClN3O. The van der Waals surface area contributed by atoms with Crippen LogP contribution in [0.1, 0.15) is 85.6 Å². The van der Waals surface area contributed by atoms with Gasteiger partial charge in [0.25, 0.3) is 5.91 Å². The van der Waals surface area contributed by atoms with Gasteiger partial charge in [0.1, 0.15) is 5.69 Å². The van der Waals surface area contributed by atoms with Gasteiger partial charge < -0.3 is 5.32 Å². The summed E-state index contributed by atoms with van der Waals surface area (Å²) in [5.74, 6) is 0.583. The average Bonchev–Trinajstić information content (AvgIpc) is 3.06. The smallest absolute Gasteiger partial charge is 0.269 e. The summed E-state index contributed by atoms with van der Waals surface area (Å²) in [6.07, 6.45) is 12.5. The molecule has 2 aliphatic carbocycles. The number of halogens is 1. The number of benzene rings is 1. The zero-order valence-corrected chi connectivity index (χ0v) is 17.9. The van der Waals surface area contributed by atoms with Crippen LogP contribution in [0.4, 0.5) is 0 Å². The highest BCUT2D eigenvalue weighted by molar-refractivity contribution is 6.30. The Labute approximate surface area is 178 Å². The van der Waals surface area contributed by atoms with Crippen molar-refractivity contribution in [3.05, 3.63) is 51.8 Å². The number of H-pyrrole nitrogens is 1. The number of nitrogens with one attached hydrogen (secondary N) is 2. The van der Waals surface area contributed by atoms with E-state index in [4.69, 9.17) is 11.6 Å². The van der Waals surface area contributed by atoms with E-state index in [1.807, 2.05) is 24.3 Å². The molecule has 2 N–H and O–H groups in total. The first-order valence-electron chi connectivity index (χ1n) is 11.0. The van der Waals surface area contributed by atoms with Gasteiger partial charge in [-0.3, -0.25) is 9.89 Å². The number of amides is 1. The van der Waals surface area contributed by atoms with Crippen LogP contribution in [0.3, 0.4) is 0 Å². The van der Waals surface area contributed by atoms with Crippen LogP contribution in [-0.2, 0) is 6.42 Å². The number of allylic oxidation sites excluding steroid dienone is 1. The Kier molecular flexibility index (Phi) is 6.39. The summed E-state index contributed by atoms with van der Waals surface area (Å²) in [4.78, 5) is 13.0. The number of aromatic amines is 1. The second kappa shape index (κ2) is 9.17. The van der Waals surface area contributed by atoms with Crippen LogP contribution in [0, 0.1) is 5.92 Å². The molecule has 0 unspecified atom stereocenters. The van der Waals surface area contributed by atoms with Crippen molar-refractivity contribution in [2.45, 2.75) is 70.8 Å². The molecule has 1 atom stereocenters. The number of nitrogens with zero attached hydrogens (tertiary/aromatic N) is 1. The third-order valence-electron chi connectivity index (χ3n) is 6.45. The Bertz CT molecular complexity index is 878. The van der Waals surface area contributed by atoms with E-state index >= 15 is 0 Å². The molecule has 0 bridgehead atoms. The Morgan fingerprint density at radius 2 is 1.86 bits per heavy atom. The number of fused-ring (bicyclic) bond motifs is 1. The highest BCUT2D eigenvalue weighted by atomic mass is 35.5. The van der Waals surface area contributed by atoms with E-state index in [1.54, 1.807) is 0 Å². The van der Waals surface area contributed by atoms with Crippen LogP contribution in [0.5, 0.6) is 0 Å². The maximum absolute atomic E-state index is 13.0. The summed E-state index contributed by atoms with van der Waals surface area (Å²) >= 11 is 6.01. The van der Waals surface area contributed by atoms with Gasteiger partial charge in [-0.2, -0.15) is 5.10 Å². The molecule has 0 saturated heterocycles. The third-order valence-corrected chi connectivity index (χ3v) is 6.70. The van der Waals surface area contributed by atoms with Crippen molar-refractivity contribution in [1.82, 2.24) is 15.5 Å². The number of rotatable bonds is 4. The van der Waals surface area contributed by atoms with E-state index < -0.39 is 0 Å². The predicted molar refractivity (Wildman–Crippen MR) is 119 cm³/mol. The van der Waals surface area contributed by atoms with Gasteiger partial charge in [-0.05, 0) is 80.7 Å². The molecule has 29 heavy (non-hydrogen) atoms. The van der Waals surface area contributed by atoms with Gasteiger partial charge in [0.15, 0.2) is 0 Å². The molecule has 4 rings (SSSR count). The number of carbonyl (C=O) groups is 1. The van der Waals surface area contributed by atoms with Gasteiger partial charge in [-0.15, -0.1) is 0 Å². The van der Waals surface area contributed by atoms with Crippen molar-refractivity contribution in [3.8, 4) is 0 Å². The van der Waals surface area contributed by atoms with Gasteiger partial charge in [-0.25, -0.2) is 0 Å². The lowest BCUT2D eigenvalue weighted by Gasteiger charge is -2.28. The monoisotopic (exact) mass is 411 g/mol. The Balaban J connectivity index is 1.55. The van der Waals surface area contributed by atoms with Gasteiger partial charge in [-0.1, -0.05) is 43.0 Å². The normalized spacial score (nSPS) is 20.1. The highest BCUT2D eigenvalue weighted by Crippen LogP contribution is 2.32. The van der Waals surface area contributed by atoms with E-state index in [0.717, 1.165) is 47.5 Å². The van der Waals surface area contributed by atoms with Gasteiger partial charge >= 0.3 is 0 Å². The largest absolute Gasteiger partial charge is 0.348 e. The number of hydrogen-bond acceptors (Lipinski definition) is 2. The zero-order valence-electron chi connectivity index (χ0n) is 17.1. The molecule has 0 spiro atoms. The fourth-order valence-electron chi connectivity index (χ4n) is 4.73. The van der Waals surface area contributed by atoms with Gasteiger partial charge in [0.2, 0.25) is 0 Å². The minimum atomic E-state index is -0.00966. The Morgan fingerprint density at radius 3 is 2.62 bits per heavy atom. The lowest BCUT2D eigenvalue weighted by molar-refractivity contribution is 0.0913. The number of carbonyl (C=O) groups excluding carboxylic acids is 1. The molecule has 2 aliphatic rings. The summed E-state index contributed by atoms with van der Waals surface area (Å²) < 4.78 is 0. The minimum Gasteiger partial charge on any atom is -0.348 e. The van der Waals surface area contributed by atoms with Crippen LogP contribution in [0.15, 0.2) is 24.3 Å². The third kappa shape index (κ3) is 4.75. The van der Waals surface area contributed by atoms with E-state index in [1.165, 1.54) is 37.7 Å². The van der Waals surface area contributed by atoms with Crippen molar-refractivity contribution in [1.29, 1.82) is 0 Å². The van der Waals surface area contributed by atoms with Crippen LogP contribution >= 0.6 is 11.6 Å². The number of aromatic nitrogens is 2. The molecule has 1 amide bonds. The second-order valence-corrected chi connectivity index (χ2v) is 8.95. The first-order valence-corrected chi connectivity index (χ1v) is 11.3. The SMILES string of the molecule is C[C@H](NC(=O)c1[nH]nc2c1CCCCC2=Cc1ccc(Cl)cc1)C1CCCCC1. The van der Waals surface area contributed by atoms with Gasteiger partial charge in [0, 0.05) is 16.6 Å². The molecule has 1 saturated carbocycles. The first-order chi connectivity index (χ1) is 14.1. The molecule has 1 aromatic carbocycles. The van der Waals surface area contributed by atoms with E-state index in [0.29, 0.717) is 11.6 Å². The second-order valence-electron chi connectivity index (χ2n) is 8.51. The summed E-state index contributed by atoms with van der Waals surface area (Å²) in [6.45, 7) is 2.15. The maximum atomic E-state index is 13.0. The minimum absolute atomic E-state index is 0.00966. The average molecular weight is 412 g/mol. The summed E-state index contributed by atoms with van der Waals surface area (Å²) in [5, 5.41) is 11.6. The van der Waals surface area contributed by atoms with E-state index in [9.17, 15) is 4.79 Å². The lowest BCUT2D eigenvalue weighted by Crippen LogP contribution is -2.39. The summed E-state index contributed by atoms with van der Waals surface area (Å²) in [6, 6.07) is 8.05. The van der Waals surface area contributed by atoms with Crippen LogP contribution < -0.4 is 5.32 Å². The van der Waals surface area contributed by atoms with E-state index in [-0.39, 0.29) is 11.9 Å². The van der Waals surface area contributed by atoms with Crippen molar-refractivity contribution in [3.63, 3.8) is 0 Å². The molecule has 5 heteroatoms. The standard InChI is InChI=1S/C24H30ClN3O/c1-16(18-7-3-2-4-8-18)26-24(29)23-21-10-6-5-9-19(22(21)27-28-23)15-17-11-13-20(25)14-12-17/h11-16,18H,2-10H2,1H3,(H,26,29)(H,27,28)/t16-/m0/s1. The first kappa shape index (κ1) is 20.2. The summed E-state index contributed by atoms with van der Waals surface area (Å²) in [5.41, 5.74) is 4.96.